The molecule has 1 unspecified atom stereocenters. The summed E-state index contributed by atoms with van der Waals surface area (Å²) in [6.07, 6.45) is -1.50. The molecule has 0 saturated heterocycles. The second kappa shape index (κ2) is 4.65. The van der Waals surface area contributed by atoms with E-state index in [2.05, 4.69) is 17.2 Å². The lowest BCUT2D eigenvalue weighted by Gasteiger charge is -2.39. The van der Waals surface area contributed by atoms with E-state index in [0.717, 1.165) is 0 Å². The van der Waals surface area contributed by atoms with Crippen molar-refractivity contribution in [2.24, 2.45) is 10.8 Å². The quantitative estimate of drug-likeness (QED) is 0.426. The van der Waals surface area contributed by atoms with Crippen molar-refractivity contribution in [1.82, 2.24) is 5.32 Å². The molecule has 3 heteroatoms. The zero-order valence-electron chi connectivity index (χ0n) is 10.4. The van der Waals surface area contributed by atoms with E-state index in [4.69, 9.17) is 0 Å². The average Bonchev–Trinajstić information content (AvgIpc) is 1.97. The van der Waals surface area contributed by atoms with Gasteiger partial charge >= 0.3 is 6.16 Å². The van der Waals surface area contributed by atoms with Crippen molar-refractivity contribution >= 4 is 6.16 Å². The Morgan fingerprint density at radius 3 is 2.00 bits per heavy atom. The number of rotatable bonds is 2. The van der Waals surface area contributed by atoms with E-state index in [9.17, 15) is 9.18 Å². The second-order valence-corrected chi connectivity index (χ2v) is 5.31. The van der Waals surface area contributed by atoms with E-state index in [-0.39, 0.29) is 11.5 Å². The van der Waals surface area contributed by atoms with Crippen molar-refractivity contribution in [1.29, 1.82) is 0 Å². The van der Waals surface area contributed by atoms with Crippen LogP contribution in [0.4, 0.5) is 9.18 Å². The number of carbonyl (C=O) groups is 1. The maximum absolute atomic E-state index is 12.5. The van der Waals surface area contributed by atoms with Gasteiger partial charge in [-0.1, -0.05) is 26.7 Å². The SMILES string of the molecule is CC#CC(C)(C)C(NC(=O)F)C(C)(C)C. The van der Waals surface area contributed by atoms with Gasteiger partial charge in [0, 0.05) is 5.41 Å². The van der Waals surface area contributed by atoms with E-state index >= 15 is 0 Å². The molecular formula is C12H20FNO. The predicted octanol–water partition coefficient (Wildman–Crippen LogP) is 3.13. The van der Waals surface area contributed by atoms with E-state index in [0.29, 0.717) is 0 Å². The normalized spacial score (nSPS) is 13.8. The monoisotopic (exact) mass is 213 g/mol. The minimum Gasteiger partial charge on any atom is -0.323 e. The summed E-state index contributed by atoms with van der Waals surface area (Å²) in [6.45, 7) is 11.4. The maximum Gasteiger partial charge on any atom is 0.397 e. The highest BCUT2D eigenvalue weighted by Crippen LogP contribution is 2.33. The standard InChI is InChI=1S/C12H20FNO/c1-7-8-12(5,6)9(11(2,3)4)14-10(13)15/h9H,1-6H3,(H,14,15). The van der Waals surface area contributed by atoms with Crippen LogP contribution in [0.25, 0.3) is 0 Å². The average molecular weight is 213 g/mol. The molecule has 0 radical (unpaired) electrons. The third-order valence-corrected chi connectivity index (χ3v) is 2.29. The van der Waals surface area contributed by atoms with Gasteiger partial charge in [-0.3, -0.25) is 0 Å². The fraction of sp³-hybridized carbons (Fsp3) is 0.750. The molecule has 0 spiro atoms. The number of halogens is 1. The molecule has 0 bridgehead atoms. The van der Waals surface area contributed by atoms with Gasteiger partial charge in [-0.15, -0.1) is 10.3 Å². The number of amides is 1. The number of hydrogen-bond acceptors (Lipinski definition) is 1. The Morgan fingerprint density at radius 2 is 1.73 bits per heavy atom. The third-order valence-electron chi connectivity index (χ3n) is 2.29. The van der Waals surface area contributed by atoms with Gasteiger partial charge in [0.1, 0.15) is 0 Å². The molecule has 0 aromatic heterocycles. The number of hydrogen-bond donors (Lipinski definition) is 1. The first-order valence-electron chi connectivity index (χ1n) is 5.01. The van der Waals surface area contributed by atoms with Crippen LogP contribution >= 0.6 is 0 Å². The Labute approximate surface area is 91.6 Å². The van der Waals surface area contributed by atoms with Gasteiger partial charge in [0.25, 0.3) is 0 Å². The Balaban J connectivity index is 5.08. The Hall–Kier alpha value is -1.04. The first-order chi connectivity index (χ1) is 6.61. The molecular weight excluding hydrogens is 193 g/mol. The molecule has 0 fully saturated rings. The summed E-state index contributed by atoms with van der Waals surface area (Å²) in [5.41, 5.74) is -0.691. The van der Waals surface area contributed by atoms with Crippen LogP contribution in [0.3, 0.4) is 0 Å². The van der Waals surface area contributed by atoms with Crippen LogP contribution in [0.1, 0.15) is 41.5 Å². The zero-order valence-corrected chi connectivity index (χ0v) is 10.4. The van der Waals surface area contributed by atoms with Crippen LogP contribution < -0.4 is 5.32 Å². The lowest BCUT2D eigenvalue weighted by molar-refractivity contribution is 0.156. The van der Waals surface area contributed by atoms with Crippen LogP contribution in [-0.2, 0) is 0 Å². The summed E-state index contributed by atoms with van der Waals surface area (Å²) in [5, 5.41) is 2.34. The summed E-state index contributed by atoms with van der Waals surface area (Å²) in [6, 6.07) is -0.324. The minimum atomic E-state index is -1.50. The molecule has 0 aliphatic heterocycles. The fourth-order valence-corrected chi connectivity index (χ4v) is 1.99. The van der Waals surface area contributed by atoms with Gasteiger partial charge < -0.3 is 5.32 Å². The van der Waals surface area contributed by atoms with Gasteiger partial charge in [0.15, 0.2) is 0 Å². The molecule has 1 atom stereocenters. The molecule has 2 nitrogen and oxygen atoms in total. The Bertz CT molecular complexity index is 291. The maximum atomic E-state index is 12.5. The number of carbonyl (C=O) groups excluding carboxylic acids is 1. The van der Waals surface area contributed by atoms with Crippen LogP contribution in [0.5, 0.6) is 0 Å². The summed E-state index contributed by atoms with van der Waals surface area (Å²) < 4.78 is 12.5. The lowest BCUT2D eigenvalue weighted by atomic mass is 9.71. The van der Waals surface area contributed by atoms with Crippen molar-refractivity contribution in [3.05, 3.63) is 0 Å². The number of nitrogens with one attached hydrogen (secondary N) is 1. The van der Waals surface area contributed by atoms with E-state index < -0.39 is 11.6 Å². The van der Waals surface area contributed by atoms with Crippen LogP contribution in [0.2, 0.25) is 0 Å². The first kappa shape index (κ1) is 14.0. The van der Waals surface area contributed by atoms with Gasteiger partial charge in [0.05, 0.1) is 6.04 Å². The molecule has 0 heterocycles. The molecule has 1 amide bonds. The second-order valence-electron chi connectivity index (χ2n) is 5.31. The summed E-state index contributed by atoms with van der Waals surface area (Å²) in [4.78, 5) is 10.5. The molecule has 0 aromatic rings. The zero-order chi connectivity index (χ0) is 12.3. The van der Waals surface area contributed by atoms with Crippen molar-refractivity contribution < 1.29 is 9.18 Å². The molecule has 0 rings (SSSR count). The van der Waals surface area contributed by atoms with Gasteiger partial charge in [-0.2, -0.15) is 0 Å². The minimum absolute atomic E-state index is 0.241. The highest BCUT2D eigenvalue weighted by atomic mass is 19.1. The molecule has 0 aliphatic rings. The summed E-state index contributed by atoms with van der Waals surface area (Å²) >= 11 is 0. The Kier molecular flexibility index (Phi) is 4.33. The molecule has 0 aromatic carbocycles. The van der Waals surface area contributed by atoms with Crippen molar-refractivity contribution in [3.8, 4) is 11.8 Å². The van der Waals surface area contributed by atoms with Crippen molar-refractivity contribution in [2.45, 2.75) is 47.6 Å². The van der Waals surface area contributed by atoms with Crippen LogP contribution in [-0.4, -0.2) is 12.2 Å². The van der Waals surface area contributed by atoms with E-state index in [1.165, 1.54) is 0 Å². The molecule has 86 valence electrons. The molecule has 15 heavy (non-hydrogen) atoms. The first-order valence-corrected chi connectivity index (χ1v) is 5.01. The summed E-state index contributed by atoms with van der Waals surface area (Å²) in [5.74, 6) is 5.81. The predicted molar refractivity (Wildman–Crippen MR) is 60.1 cm³/mol. The largest absolute Gasteiger partial charge is 0.397 e. The van der Waals surface area contributed by atoms with Gasteiger partial charge in [-0.05, 0) is 26.2 Å². The molecule has 0 aliphatic carbocycles. The Morgan fingerprint density at radius 1 is 1.27 bits per heavy atom. The van der Waals surface area contributed by atoms with E-state index in [1.54, 1.807) is 6.92 Å². The van der Waals surface area contributed by atoms with Crippen LogP contribution in [0, 0.1) is 22.7 Å². The lowest BCUT2D eigenvalue weighted by Crippen LogP contribution is -2.51. The fourth-order valence-electron chi connectivity index (χ4n) is 1.99. The highest BCUT2D eigenvalue weighted by Gasteiger charge is 2.38. The van der Waals surface area contributed by atoms with Gasteiger partial charge in [0.2, 0.25) is 0 Å². The topological polar surface area (TPSA) is 29.1 Å². The van der Waals surface area contributed by atoms with Crippen molar-refractivity contribution in [2.75, 3.05) is 0 Å². The highest BCUT2D eigenvalue weighted by molar-refractivity contribution is 5.66. The summed E-state index contributed by atoms with van der Waals surface area (Å²) in [7, 11) is 0. The van der Waals surface area contributed by atoms with E-state index in [1.807, 2.05) is 34.6 Å². The molecule has 1 N–H and O–H groups in total. The smallest absolute Gasteiger partial charge is 0.323 e. The van der Waals surface area contributed by atoms with Gasteiger partial charge in [-0.25, -0.2) is 4.79 Å². The molecule has 0 saturated carbocycles. The third kappa shape index (κ3) is 4.33. The van der Waals surface area contributed by atoms with Crippen LogP contribution in [0.15, 0.2) is 0 Å². The van der Waals surface area contributed by atoms with Crippen molar-refractivity contribution in [3.63, 3.8) is 0 Å².